The minimum absolute atomic E-state index is 0.0149. The van der Waals surface area contributed by atoms with Gasteiger partial charge < -0.3 is 29.8 Å². The number of amides is 1. The van der Waals surface area contributed by atoms with Crippen molar-refractivity contribution < 1.29 is 45.9 Å². The number of nitro benzene ring substituents is 1. The number of fused-ring (bicyclic) bond motifs is 2. The fourth-order valence-electron chi connectivity index (χ4n) is 11.8. The van der Waals surface area contributed by atoms with Gasteiger partial charge in [0.2, 0.25) is 0 Å². The van der Waals surface area contributed by atoms with Gasteiger partial charge in [0.15, 0.2) is 11.4 Å². The lowest BCUT2D eigenvalue weighted by atomic mass is 9.59. The van der Waals surface area contributed by atoms with Gasteiger partial charge in [-0.25, -0.2) is 18.1 Å². The van der Waals surface area contributed by atoms with Crippen LogP contribution in [-0.2, 0) is 16.2 Å². The molecule has 2 saturated heterocycles. The number of hydrogen-bond donors (Lipinski definition) is 4. The van der Waals surface area contributed by atoms with Crippen LogP contribution in [0, 0.1) is 21.4 Å². The Balaban J connectivity index is 0.882. The monoisotopic (exact) mass is 985 g/mol. The highest BCUT2D eigenvalue weighted by atomic mass is 32.2. The molecular weight excluding hydrogens is 928 g/mol. The summed E-state index contributed by atoms with van der Waals surface area (Å²) in [5.74, 6) is -0.987. The first-order chi connectivity index (χ1) is 33.3. The predicted molar refractivity (Wildman–Crippen MR) is 257 cm³/mol. The van der Waals surface area contributed by atoms with Gasteiger partial charge in [-0.05, 0) is 124 Å². The summed E-state index contributed by atoms with van der Waals surface area (Å²) in [5, 5.41) is 25.8. The predicted octanol–water partition coefficient (Wildman–Crippen LogP) is 10.2. The van der Waals surface area contributed by atoms with Crippen LogP contribution in [0.1, 0.15) is 124 Å². The number of alkyl halides is 3. The Hall–Kier alpha value is -5.92. The van der Waals surface area contributed by atoms with Gasteiger partial charge in [-0.15, -0.1) is 0 Å². The second-order valence-electron chi connectivity index (χ2n) is 20.7. The highest BCUT2D eigenvalue weighted by Crippen LogP contribution is 2.54. The zero-order chi connectivity index (χ0) is 49.3. The molecule has 5 aromatic rings. The van der Waals surface area contributed by atoms with Gasteiger partial charge in [0.1, 0.15) is 23.8 Å². The number of carbonyl (C=O) groups excluding carboxylic acids is 1. The quantitative estimate of drug-likeness (QED) is 0.0724. The maximum atomic E-state index is 14.1. The van der Waals surface area contributed by atoms with E-state index in [0.717, 1.165) is 63.0 Å². The number of anilines is 2. The van der Waals surface area contributed by atoms with Crippen LogP contribution < -0.4 is 24.4 Å². The van der Waals surface area contributed by atoms with Crippen LogP contribution in [0.4, 0.5) is 30.2 Å². The number of sulfonamides is 1. The van der Waals surface area contributed by atoms with Gasteiger partial charge in [-0.3, -0.25) is 19.8 Å². The molecule has 5 aliphatic rings. The van der Waals surface area contributed by atoms with E-state index in [4.69, 9.17) is 9.47 Å². The highest BCUT2D eigenvalue weighted by molar-refractivity contribution is 7.90. The van der Waals surface area contributed by atoms with Crippen molar-refractivity contribution in [1.29, 1.82) is 0 Å². The van der Waals surface area contributed by atoms with E-state index in [9.17, 15) is 41.6 Å². The molecule has 2 aliphatic carbocycles. The van der Waals surface area contributed by atoms with Crippen LogP contribution >= 0.6 is 0 Å². The van der Waals surface area contributed by atoms with Crippen LogP contribution in [0.2, 0.25) is 0 Å². The molecule has 1 amide bonds. The molecule has 4 fully saturated rings. The molecule has 5 heterocycles. The summed E-state index contributed by atoms with van der Waals surface area (Å²) < 4.78 is 84.0. The normalized spacial score (nSPS) is 23.9. The van der Waals surface area contributed by atoms with Crippen molar-refractivity contribution in [2.45, 2.75) is 126 Å². The Morgan fingerprint density at radius 1 is 1.03 bits per heavy atom. The van der Waals surface area contributed by atoms with Crippen LogP contribution in [0.5, 0.6) is 17.2 Å². The first-order valence-corrected chi connectivity index (χ1v) is 25.7. The molecule has 10 rings (SSSR count). The lowest BCUT2D eigenvalue weighted by Gasteiger charge is -2.56. The molecule has 70 heavy (non-hydrogen) atoms. The molecule has 3 aliphatic heterocycles. The Kier molecular flexibility index (Phi) is 12.3. The lowest BCUT2D eigenvalue weighted by molar-refractivity contribution is -0.384. The Bertz CT molecular complexity index is 2940. The Labute approximate surface area is 404 Å². The fraction of sp³-hybridized carbons (Fsp3) is 0.490. The summed E-state index contributed by atoms with van der Waals surface area (Å²) in [6.07, 6.45) is 6.19. The number of hydrogen-bond acceptors (Lipinski definition) is 12. The van der Waals surface area contributed by atoms with Gasteiger partial charge in [0, 0.05) is 60.6 Å². The molecule has 3 aromatic carbocycles. The molecule has 2 aromatic heterocycles. The van der Waals surface area contributed by atoms with Crippen molar-refractivity contribution in [3.63, 3.8) is 0 Å². The van der Waals surface area contributed by atoms with E-state index in [0.29, 0.717) is 62.5 Å². The molecule has 0 unspecified atom stereocenters. The number of likely N-dealkylation sites (tertiary alicyclic amines) is 1. The number of ether oxygens (including phenoxy) is 2. The van der Waals surface area contributed by atoms with Gasteiger partial charge in [0.25, 0.3) is 21.6 Å². The average molecular weight is 986 g/mol. The van der Waals surface area contributed by atoms with Crippen LogP contribution in [0.25, 0.3) is 11.0 Å². The van der Waals surface area contributed by atoms with Crippen LogP contribution in [0.15, 0.2) is 78.0 Å². The van der Waals surface area contributed by atoms with E-state index in [1.807, 2.05) is 4.72 Å². The molecular formula is C51H58F3N7O8S. The lowest BCUT2D eigenvalue weighted by Crippen LogP contribution is -2.54. The van der Waals surface area contributed by atoms with Crippen molar-refractivity contribution >= 4 is 44.0 Å². The third-order valence-corrected chi connectivity index (χ3v) is 17.0. The molecule has 4 N–H and O–H groups in total. The first kappa shape index (κ1) is 47.7. The standard InChI is InChI=1S/C51H58F3N7O8S/c1-30(2)36-7-4-5-8-37(36)42-9-6-18-60(42)33-25-50(26-33)16-19-59(20-17-50)32-10-11-38(44(21-32)69-34-22-39-40(51(52,53)54)28-56-47(39)55-27-34)48(62)58-70(66,67)35-23-43(61(64)65)46-45(24-35)68-29-41(57-46)31-12-14-49(3,63)15-13-31/h4-5,7-8,10-11,21-24,27-28,30-31,33,41-42,57,63H,6,9,12-20,25-26,29H2,1-3H3,(H,55,56)(H,58,62)/t31?,41-,42+,49?/m1/s1. The largest absolute Gasteiger partial charge is 0.489 e. The summed E-state index contributed by atoms with van der Waals surface area (Å²) in [6.45, 7) is 8.87. The number of benzene rings is 3. The molecule has 19 heteroatoms. The van der Waals surface area contributed by atoms with E-state index in [1.54, 1.807) is 19.1 Å². The maximum absolute atomic E-state index is 14.1. The topological polar surface area (TPSA) is 192 Å². The number of pyridine rings is 1. The van der Waals surface area contributed by atoms with Crippen LogP contribution in [0.3, 0.4) is 0 Å². The minimum atomic E-state index is -4.80. The van der Waals surface area contributed by atoms with Crippen LogP contribution in [-0.4, -0.2) is 83.1 Å². The van der Waals surface area contributed by atoms with Gasteiger partial charge >= 0.3 is 6.18 Å². The zero-order valence-corrected chi connectivity index (χ0v) is 40.2. The van der Waals surface area contributed by atoms with Crippen molar-refractivity contribution in [3.05, 3.63) is 105 Å². The summed E-state index contributed by atoms with van der Waals surface area (Å²) in [7, 11) is -4.80. The number of carbonyl (C=O) groups is 1. The highest BCUT2D eigenvalue weighted by Gasteiger charge is 2.50. The number of piperidine rings is 1. The first-order valence-electron chi connectivity index (χ1n) is 24.2. The van der Waals surface area contributed by atoms with Crippen molar-refractivity contribution in [2.24, 2.45) is 11.3 Å². The molecule has 372 valence electrons. The number of aromatic amines is 1. The second-order valence-corrected chi connectivity index (χ2v) is 22.4. The number of halogens is 3. The van der Waals surface area contributed by atoms with E-state index in [1.165, 1.54) is 29.8 Å². The molecule has 15 nitrogen and oxygen atoms in total. The third kappa shape index (κ3) is 9.27. The van der Waals surface area contributed by atoms with E-state index in [2.05, 4.69) is 63.2 Å². The van der Waals surface area contributed by atoms with Gasteiger partial charge in [0.05, 0.1) is 38.8 Å². The maximum Gasteiger partial charge on any atom is 0.418 e. The third-order valence-electron chi connectivity index (χ3n) is 15.7. The van der Waals surface area contributed by atoms with E-state index >= 15 is 0 Å². The smallest absolute Gasteiger partial charge is 0.418 e. The van der Waals surface area contributed by atoms with Crippen molar-refractivity contribution in [2.75, 3.05) is 36.5 Å². The molecule has 0 radical (unpaired) electrons. The number of nitrogens with zero attached hydrogens (tertiary/aromatic N) is 4. The summed E-state index contributed by atoms with van der Waals surface area (Å²) in [6, 6.07) is 17.2. The summed E-state index contributed by atoms with van der Waals surface area (Å²) in [4.78, 5) is 36.8. The summed E-state index contributed by atoms with van der Waals surface area (Å²) >= 11 is 0. The van der Waals surface area contributed by atoms with Gasteiger partial charge in [-0.2, -0.15) is 13.2 Å². The number of rotatable bonds is 11. The number of aliphatic hydroxyl groups is 1. The minimum Gasteiger partial charge on any atom is -0.489 e. The average Bonchev–Trinajstić information content (AvgIpc) is 3.98. The van der Waals surface area contributed by atoms with Crippen molar-refractivity contribution in [1.82, 2.24) is 19.6 Å². The van der Waals surface area contributed by atoms with E-state index < -0.39 is 48.8 Å². The number of nitro groups is 1. The SMILES string of the molecule is CC(C)c1ccccc1[C@@H]1CCCN1C1CC2(CCN(c3ccc(C(=O)NS(=O)(=O)c4cc5c(c([N+](=O)[O-])c4)N[C@@H](C4CCC(C)(O)CC4)CO5)c(Oc4cnc5[nH]cc(C(F)(F)F)c5c4)c3)CC2)C1. The Morgan fingerprint density at radius 3 is 2.49 bits per heavy atom. The second kappa shape index (κ2) is 18.0. The molecule has 2 atom stereocenters. The number of nitrogens with one attached hydrogen (secondary N) is 3. The fourth-order valence-corrected chi connectivity index (χ4v) is 12.8. The van der Waals surface area contributed by atoms with Crippen molar-refractivity contribution in [3.8, 4) is 17.2 Å². The number of H-pyrrole nitrogens is 1. The number of aromatic nitrogens is 2. The van der Waals surface area contributed by atoms with E-state index in [-0.39, 0.29) is 63.5 Å². The van der Waals surface area contributed by atoms with Gasteiger partial charge in [-0.1, -0.05) is 38.1 Å². The molecule has 2 saturated carbocycles. The molecule has 1 spiro atoms. The Morgan fingerprint density at radius 2 is 1.77 bits per heavy atom. The zero-order valence-electron chi connectivity index (χ0n) is 39.4. The molecule has 0 bridgehead atoms. The summed E-state index contributed by atoms with van der Waals surface area (Å²) in [5.41, 5.74) is 1.13.